The molecule has 2 aromatic heterocycles. The monoisotopic (exact) mass is 428 g/mol. The summed E-state index contributed by atoms with van der Waals surface area (Å²) < 4.78 is 11.1. The molecule has 0 saturated heterocycles. The molecular formula is C23H32N4O4. The minimum atomic E-state index is -0.174. The molecule has 0 fully saturated rings. The van der Waals surface area contributed by atoms with Gasteiger partial charge in [0.05, 0.1) is 24.6 Å². The molecule has 0 bridgehead atoms. The van der Waals surface area contributed by atoms with Gasteiger partial charge in [-0.2, -0.15) is 0 Å². The summed E-state index contributed by atoms with van der Waals surface area (Å²) in [7, 11) is 3.44. The van der Waals surface area contributed by atoms with Gasteiger partial charge in [0, 0.05) is 27.2 Å². The van der Waals surface area contributed by atoms with Crippen LogP contribution in [0.15, 0.2) is 36.7 Å². The standard InChI is InChI=1S/C23H32N4O4/c1-16(2)30-18-8-10-20(24-14-18)22(28)26(5)12-7-13-27(6)23(29)21-11-9-19(15-25-21)31-17(3)4/h8-11,14-17H,7,12-13H2,1-6H3. The molecule has 2 aromatic rings. The second-order valence-electron chi connectivity index (χ2n) is 7.90. The first-order valence-corrected chi connectivity index (χ1v) is 10.4. The molecule has 0 unspecified atom stereocenters. The molecule has 0 aliphatic rings. The first-order valence-electron chi connectivity index (χ1n) is 10.4. The van der Waals surface area contributed by atoms with Crippen molar-refractivity contribution in [2.75, 3.05) is 27.2 Å². The van der Waals surface area contributed by atoms with Crippen molar-refractivity contribution in [3.8, 4) is 11.5 Å². The number of hydrogen-bond acceptors (Lipinski definition) is 6. The van der Waals surface area contributed by atoms with E-state index in [9.17, 15) is 9.59 Å². The largest absolute Gasteiger partial charge is 0.489 e. The Kier molecular flexibility index (Phi) is 8.78. The third-order valence-electron chi connectivity index (χ3n) is 4.33. The molecule has 0 aliphatic carbocycles. The lowest BCUT2D eigenvalue weighted by Gasteiger charge is -2.20. The molecule has 0 radical (unpaired) electrons. The number of aromatic nitrogens is 2. The lowest BCUT2D eigenvalue weighted by molar-refractivity contribution is 0.0758. The fourth-order valence-corrected chi connectivity index (χ4v) is 2.84. The number of nitrogens with zero attached hydrogens (tertiary/aromatic N) is 4. The zero-order chi connectivity index (χ0) is 23.0. The molecule has 8 nitrogen and oxygen atoms in total. The van der Waals surface area contributed by atoms with Gasteiger partial charge in [0.1, 0.15) is 22.9 Å². The predicted octanol–water partition coefficient (Wildman–Crippen LogP) is 3.29. The van der Waals surface area contributed by atoms with Crippen LogP contribution in [-0.2, 0) is 0 Å². The Morgan fingerprint density at radius 1 is 0.774 bits per heavy atom. The molecule has 2 rings (SSSR count). The van der Waals surface area contributed by atoms with Crippen molar-refractivity contribution < 1.29 is 19.1 Å². The van der Waals surface area contributed by atoms with E-state index in [2.05, 4.69) is 9.97 Å². The molecule has 2 heterocycles. The number of amides is 2. The third-order valence-corrected chi connectivity index (χ3v) is 4.33. The van der Waals surface area contributed by atoms with E-state index in [1.54, 1.807) is 60.6 Å². The fourth-order valence-electron chi connectivity index (χ4n) is 2.84. The van der Waals surface area contributed by atoms with Crippen molar-refractivity contribution >= 4 is 11.8 Å². The number of rotatable bonds is 10. The highest BCUT2D eigenvalue weighted by molar-refractivity contribution is 5.92. The Labute approximate surface area is 184 Å². The fraction of sp³-hybridized carbons (Fsp3) is 0.478. The second kappa shape index (κ2) is 11.3. The Hall–Kier alpha value is -3.16. The molecule has 0 spiro atoms. The van der Waals surface area contributed by atoms with Crippen LogP contribution in [0.3, 0.4) is 0 Å². The number of carbonyl (C=O) groups is 2. The van der Waals surface area contributed by atoms with Gasteiger partial charge in [-0.3, -0.25) is 9.59 Å². The summed E-state index contributed by atoms with van der Waals surface area (Å²) in [5, 5.41) is 0. The van der Waals surface area contributed by atoms with Crippen molar-refractivity contribution in [3.05, 3.63) is 48.0 Å². The zero-order valence-electron chi connectivity index (χ0n) is 19.2. The van der Waals surface area contributed by atoms with Crippen LogP contribution in [0.2, 0.25) is 0 Å². The van der Waals surface area contributed by atoms with Crippen molar-refractivity contribution in [1.82, 2.24) is 19.8 Å². The molecule has 0 N–H and O–H groups in total. The van der Waals surface area contributed by atoms with Gasteiger partial charge >= 0.3 is 0 Å². The van der Waals surface area contributed by atoms with E-state index in [0.29, 0.717) is 42.4 Å². The molecule has 31 heavy (non-hydrogen) atoms. The van der Waals surface area contributed by atoms with Gasteiger partial charge in [-0.1, -0.05) is 0 Å². The van der Waals surface area contributed by atoms with E-state index < -0.39 is 0 Å². The Bertz CT molecular complexity index is 779. The van der Waals surface area contributed by atoms with E-state index in [4.69, 9.17) is 9.47 Å². The first-order chi connectivity index (χ1) is 14.7. The Morgan fingerprint density at radius 3 is 1.45 bits per heavy atom. The van der Waals surface area contributed by atoms with Crippen LogP contribution in [0.1, 0.15) is 55.1 Å². The van der Waals surface area contributed by atoms with Crippen LogP contribution >= 0.6 is 0 Å². The lowest BCUT2D eigenvalue weighted by Crippen LogP contribution is -2.33. The second-order valence-corrected chi connectivity index (χ2v) is 7.90. The van der Waals surface area contributed by atoms with E-state index in [0.717, 1.165) is 0 Å². The van der Waals surface area contributed by atoms with Gasteiger partial charge < -0.3 is 19.3 Å². The van der Waals surface area contributed by atoms with Crippen molar-refractivity contribution in [2.24, 2.45) is 0 Å². The third kappa shape index (κ3) is 7.55. The van der Waals surface area contributed by atoms with E-state index >= 15 is 0 Å². The molecule has 0 aliphatic heterocycles. The summed E-state index contributed by atoms with van der Waals surface area (Å²) in [4.78, 5) is 36.6. The topological polar surface area (TPSA) is 84.9 Å². The van der Waals surface area contributed by atoms with Crippen LogP contribution in [-0.4, -0.2) is 71.0 Å². The van der Waals surface area contributed by atoms with Crippen LogP contribution in [0.4, 0.5) is 0 Å². The molecule has 168 valence electrons. The maximum atomic E-state index is 12.5. The Balaban J connectivity index is 1.81. The number of pyridine rings is 2. The highest BCUT2D eigenvalue weighted by Gasteiger charge is 2.16. The van der Waals surface area contributed by atoms with Gasteiger partial charge in [0.2, 0.25) is 0 Å². The van der Waals surface area contributed by atoms with E-state index in [-0.39, 0.29) is 24.0 Å². The summed E-state index contributed by atoms with van der Waals surface area (Å²) in [6, 6.07) is 6.80. The summed E-state index contributed by atoms with van der Waals surface area (Å²) in [5.41, 5.74) is 0.715. The molecule has 0 atom stereocenters. The minimum Gasteiger partial charge on any atom is -0.489 e. The van der Waals surface area contributed by atoms with Crippen molar-refractivity contribution in [2.45, 2.75) is 46.3 Å². The van der Waals surface area contributed by atoms with Crippen molar-refractivity contribution in [1.29, 1.82) is 0 Å². The van der Waals surface area contributed by atoms with Gasteiger partial charge in [-0.05, 0) is 58.4 Å². The molecule has 0 aromatic carbocycles. The number of hydrogen-bond donors (Lipinski definition) is 0. The summed E-state index contributed by atoms with van der Waals surface area (Å²) >= 11 is 0. The van der Waals surface area contributed by atoms with Crippen LogP contribution in [0, 0.1) is 0 Å². The zero-order valence-corrected chi connectivity index (χ0v) is 19.2. The summed E-state index contributed by atoms with van der Waals surface area (Å²) in [5.74, 6) is 0.915. The highest BCUT2D eigenvalue weighted by Crippen LogP contribution is 2.13. The normalized spacial score (nSPS) is 10.8. The summed E-state index contributed by atoms with van der Waals surface area (Å²) in [6.07, 6.45) is 3.84. The maximum Gasteiger partial charge on any atom is 0.272 e. The number of ether oxygens (including phenoxy) is 2. The van der Waals surface area contributed by atoms with Crippen LogP contribution in [0.5, 0.6) is 11.5 Å². The van der Waals surface area contributed by atoms with Crippen LogP contribution < -0.4 is 9.47 Å². The average Bonchev–Trinajstić information content (AvgIpc) is 2.72. The SMILES string of the molecule is CC(C)Oc1ccc(C(=O)N(C)CCCN(C)C(=O)c2ccc(OC(C)C)cn2)nc1. The minimum absolute atomic E-state index is 0.0484. The first kappa shape index (κ1) is 24.1. The quantitative estimate of drug-likeness (QED) is 0.577. The van der Waals surface area contributed by atoms with Gasteiger partial charge in [-0.25, -0.2) is 9.97 Å². The molecular weight excluding hydrogens is 396 g/mol. The number of carbonyl (C=O) groups excluding carboxylic acids is 2. The molecule has 0 saturated carbocycles. The van der Waals surface area contributed by atoms with Crippen LogP contribution in [0.25, 0.3) is 0 Å². The molecule has 8 heteroatoms. The van der Waals surface area contributed by atoms with Gasteiger partial charge in [0.25, 0.3) is 11.8 Å². The molecule has 2 amide bonds. The average molecular weight is 429 g/mol. The highest BCUT2D eigenvalue weighted by atomic mass is 16.5. The lowest BCUT2D eigenvalue weighted by atomic mass is 10.2. The van der Waals surface area contributed by atoms with Gasteiger partial charge in [-0.15, -0.1) is 0 Å². The smallest absolute Gasteiger partial charge is 0.272 e. The van der Waals surface area contributed by atoms with E-state index in [1.165, 1.54) is 0 Å². The Morgan fingerprint density at radius 2 is 1.16 bits per heavy atom. The maximum absolute atomic E-state index is 12.5. The summed E-state index contributed by atoms with van der Waals surface area (Å²) in [6.45, 7) is 8.72. The van der Waals surface area contributed by atoms with Crippen molar-refractivity contribution in [3.63, 3.8) is 0 Å². The van der Waals surface area contributed by atoms with Gasteiger partial charge in [0.15, 0.2) is 0 Å². The van der Waals surface area contributed by atoms with E-state index in [1.807, 2.05) is 27.7 Å². The predicted molar refractivity (Wildman–Crippen MR) is 119 cm³/mol.